The van der Waals surface area contributed by atoms with Crippen molar-refractivity contribution in [2.45, 2.75) is 38.3 Å². The van der Waals surface area contributed by atoms with Crippen molar-refractivity contribution in [1.82, 2.24) is 19.5 Å². The van der Waals surface area contributed by atoms with E-state index in [1.54, 1.807) is 24.4 Å². The number of rotatable bonds is 5. The van der Waals surface area contributed by atoms with Gasteiger partial charge in [-0.3, -0.25) is 14.0 Å². The maximum atomic E-state index is 12.1. The first-order valence-corrected chi connectivity index (χ1v) is 7.61. The van der Waals surface area contributed by atoms with Gasteiger partial charge in [-0.1, -0.05) is 6.07 Å². The zero-order valence-corrected chi connectivity index (χ0v) is 12.5. The van der Waals surface area contributed by atoms with Gasteiger partial charge in [0.05, 0.1) is 12.5 Å². The van der Waals surface area contributed by atoms with Crippen molar-refractivity contribution >= 4 is 17.5 Å². The summed E-state index contributed by atoms with van der Waals surface area (Å²) in [6.07, 6.45) is 3.50. The fourth-order valence-corrected chi connectivity index (χ4v) is 2.96. The number of aliphatic carboxylic acids is 1. The van der Waals surface area contributed by atoms with Gasteiger partial charge in [0, 0.05) is 18.7 Å². The molecule has 8 heteroatoms. The Balaban J connectivity index is 1.55. The molecule has 1 fully saturated rings. The molecule has 0 aromatic carbocycles. The molecule has 122 valence electrons. The minimum Gasteiger partial charge on any atom is -0.481 e. The van der Waals surface area contributed by atoms with Gasteiger partial charge >= 0.3 is 11.7 Å². The number of aryl methyl sites for hydroxylation is 1. The topological polar surface area (TPSA) is 106 Å². The van der Waals surface area contributed by atoms with Gasteiger partial charge in [-0.05, 0) is 31.4 Å². The number of pyridine rings is 1. The van der Waals surface area contributed by atoms with Crippen molar-refractivity contribution < 1.29 is 14.7 Å². The molecule has 0 spiro atoms. The lowest BCUT2D eigenvalue weighted by molar-refractivity contribution is -0.141. The number of hydrogen-bond acceptors (Lipinski definition) is 4. The summed E-state index contributed by atoms with van der Waals surface area (Å²) in [6.45, 7) is 0.196. The molecule has 23 heavy (non-hydrogen) atoms. The van der Waals surface area contributed by atoms with Crippen LogP contribution in [0.2, 0.25) is 0 Å². The average Bonchev–Trinajstić information content (AvgIpc) is 3.11. The van der Waals surface area contributed by atoms with Gasteiger partial charge in [-0.25, -0.2) is 9.48 Å². The summed E-state index contributed by atoms with van der Waals surface area (Å²) in [7, 11) is 0. The molecule has 2 heterocycles. The highest BCUT2D eigenvalue weighted by molar-refractivity contribution is 5.76. The van der Waals surface area contributed by atoms with Gasteiger partial charge in [-0.2, -0.15) is 0 Å². The van der Waals surface area contributed by atoms with E-state index in [0.29, 0.717) is 24.9 Å². The Bertz CT molecular complexity index is 794. The molecule has 0 aliphatic heterocycles. The van der Waals surface area contributed by atoms with E-state index in [0.717, 1.165) is 0 Å². The average molecular weight is 318 g/mol. The van der Waals surface area contributed by atoms with Crippen LogP contribution in [0.3, 0.4) is 0 Å². The monoisotopic (exact) mass is 318 g/mol. The van der Waals surface area contributed by atoms with E-state index in [2.05, 4.69) is 10.4 Å². The van der Waals surface area contributed by atoms with E-state index in [1.165, 1.54) is 9.08 Å². The number of carbonyl (C=O) groups excluding carboxylic acids is 1. The van der Waals surface area contributed by atoms with Gasteiger partial charge in [0.2, 0.25) is 5.91 Å². The van der Waals surface area contributed by atoms with Crippen LogP contribution in [-0.2, 0) is 16.1 Å². The Hall–Kier alpha value is -2.64. The van der Waals surface area contributed by atoms with E-state index in [-0.39, 0.29) is 36.5 Å². The van der Waals surface area contributed by atoms with Crippen LogP contribution >= 0.6 is 0 Å². The summed E-state index contributed by atoms with van der Waals surface area (Å²) in [5.41, 5.74) is 0.262. The third-order valence-electron chi connectivity index (χ3n) is 4.19. The second kappa shape index (κ2) is 6.23. The molecule has 0 bridgehead atoms. The smallest absolute Gasteiger partial charge is 0.350 e. The summed E-state index contributed by atoms with van der Waals surface area (Å²) >= 11 is 0. The first kappa shape index (κ1) is 15.3. The zero-order valence-electron chi connectivity index (χ0n) is 12.5. The summed E-state index contributed by atoms with van der Waals surface area (Å²) in [4.78, 5) is 34.9. The fourth-order valence-electron chi connectivity index (χ4n) is 2.96. The predicted octanol–water partition coefficient (Wildman–Crippen LogP) is 0.256. The van der Waals surface area contributed by atoms with Crippen molar-refractivity contribution in [3.63, 3.8) is 0 Å². The molecule has 0 radical (unpaired) electrons. The summed E-state index contributed by atoms with van der Waals surface area (Å²) in [6, 6.07) is 5.16. The van der Waals surface area contributed by atoms with E-state index in [1.807, 2.05) is 0 Å². The summed E-state index contributed by atoms with van der Waals surface area (Å²) in [5, 5.41) is 16.0. The molecule has 8 nitrogen and oxygen atoms in total. The second-order valence-electron chi connectivity index (χ2n) is 5.80. The van der Waals surface area contributed by atoms with Gasteiger partial charge in [0.1, 0.15) is 0 Å². The van der Waals surface area contributed by atoms with Crippen LogP contribution in [0.15, 0.2) is 29.2 Å². The lowest BCUT2D eigenvalue weighted by Crippen LogP contribution is -2.34. The second-order valence-corrected chi connectivity index (χ2v) is 5.80. The third kappa shape index (κ3) is 3.25. The standard InChI is InChI=1S/C15H18N4O4/c20-13(16-11-5-4-10(9-11)14(21)22)6-8-19-15(23)18-7-2-1-3-12(18)17-19/h1-3,7,10-11H,4-6,8-9H2,(H,16,20)(H,21,22)/t10-,11+/m1/s1. The summed E-state index contributed by atoms with van der Waals surface area (Å²) in [5.74, 6) is -1.37. The first-order chi connectivity index (χ1) is 11.0. The minimum atomic E-state index is -0.807. The van der Waals surface area contributed by atoms with E-state index < -0.39 is 5.97 Å². The molecule has 1 aliphatic carbocycles. The molecular formula is C15H18N4O4. The predicted molar refractivity (Wildman–Crippen MR) is 81.0 cm³/mol. The highest BCUT2D eigenvalue weighted by atomic mass is 16.4. The van der Waals surface area contributed by atoms with Gasteiger partial charge in [-0.15, -0.1) is 5.10 Å². The molecule has 2 N–H and O–H groups in total. The summed E-state index contributed by atoms with van der Waals surface area (Å²) < 4.78 is 2.69. The maximum Gasteiger partial charge on any atom is 0.350 e. The molecule has 2 aromatic rings. The number of carboxylic acids is 1. The van der Waals surface area contributed by atoms with Crippen LogP contribution in [0.25, 0.3) is 5.65 Å². The van der Waals surface area contributed by atoms with Crippen molar-refractivity contribution in [3.8, 4) is 0 Å². The van der Waals surface area contributed by atoms with Crippen LogP contribution in [0.5, 0.6) is 0 Å². The molecule has 2 atom stereocenters. The highest BCUT2D eigenvalue weighted by Crippen LogP contribution is 2.25. The molecule has 1 amide bonds. The molecule has 0 saturated heterocycles. The van der Waals surface area contributed by atoms with Crippen molar-refractivity contribution in [3.05, 3.63) is 34.9 Å². The van der Waals surface area contributed by atoms with E-state index >= 15 is 0 Å². The normalized spacial score (nSPS) is 20.7. The van der Waals surface area contributed by atoms with Crippen molar-refractivity contribution in [2.24, 2.45) is 5.92 Å². The Kier molecular flexibility index (Phi) is 4.14. The Morgan fingerprint density at radius 2 is 2.17 bits per heavy atom. The van der Waals surface area contributed by atoms with Crippen LogP contribution in [0, 0.1) is 5.92 Å². The van der Waals surface area contributed by atoms with Crippen LogP contribution in [0.4, 0.5) is 0 Å². The lowest BCUT2D eigenvalue weighted by atomic mass is 10.1. The number of carbonyl (C=O) groups is 2. The Morgan fingerprint density at radius 3 is 2.87 bits per heavy atom. The molecule has 0 unspecified atom stereocenters. The molecule has 2 aromatic heterocycles. The van der Waals surface area contributed by atoms with Crippen molar-refractivity contribution in [2.75, 3.05) is 0 Å². The highest BCUT2D eigenvalue weighted by Gasteiger charge is 2.30. The molecular weight excluding hydrogens is 300 g/mol. The van der Waals surface area contributed by atoms with E-state index in [4.69, 9.17) is 5.11 Å². The van der Waals surface area contributed by atoms with Gasteiger partial charge in [0.25, 0.3) is 0 Å². The quantitative estimate of drug-likeness (QED) is 0.822. The number of aromatic nitrogens is 3. The third-order valence-corrected chi connectivity index (χ3v) is 4.19. The van der Waals surface area contributed by atoms with Crippen molar-refractivity contribution in [1.29, 1.82) is 0 Å². The first-order valence-electron chi connectivity index (χ1n) is 7.61. The zero-order chi connectivity index (χ0) is 16.4. The SMILES string of the molecule is O=C(CCn1nc2ccccn2c1=O)N[C@H]1CC[C@@H](C(=O)O)C1. The van der Waals surface area contributed by atoms with Crippen LogP contribution < -0.4 is 11.0 Å². The van der Waals surface area contributed by atoms with Gasteiger partial charge in [0.15, 0.2) is 5.65 Å². The number of nitrogens with zero attached hydrogens (tertiary/aromatic N) is 3. The number of amides is 1. The van der Waals surface area contributed by atoms with E-state index in [9.17, 15) is 14.4 Å². The fraction of sp³-hybridized carbons (Fsp3) is 0.467. The molecule has 1 saturated carbocycles. The number of carboxylic acid groups (broad SMARTS) is 1. The minimum absolute atomic E-state index is 0.0959. The maximum absolute atomic E-state index is 12.1. The van der Waals surface area contributed by atoms with Crippen LogP contribution in [0.1, 0.15) is 25.7 Å². The number of nitrogens with one attached hydrogen (secondary N) is 1. The molecule has 1 aliphatic rings. The van der Waals surface area contributed by atoms with Gasteiger partial charge < -0.3 is 10.4 Å². The lowest BCUT2D eigenvalue weighted by Gasteiger charge is -2.12. The Labute approximate surface area is 131 Å². The molecule has 3 rings (SSSR count). The largest absolute Gasteiger partial charge is 0.481 e. The number of hydrogen-bond donors (Lipinski definition) is 2. The number of fused-ring (bicyclic) bond motifs is 1. The van der Waals surface area contributed by atoms with Crippen LogP contribution in [-0.4, -0.2) is 37.2 Å². The Morgan fingerprint density at radius 1 is 1.35 bits per heavy atom.